The number of nitrogens with one attached hydrogen (secondary N) is 2. The first-order chi connectivity index (χ1) is 20.0. The average Bonchev–Trinajstić information content (AvgIpc) is 3.75. The Hall–Kier alpha value is -2.87. The SMILES string of the molecule is COc1c(Nc2cc(C)n[nH]2)nc(Sc2ccc(S(=O)(=O)C(C)(C)C3CC3)cc2)nc1N1CCN(CCN(C)C)CC1. The fourth-order valence-electron chi connectivity index (χ4n) is 5.18. The maximum Gasteiger partial charge on any atom is 0.204 e. The molecule has 2 aromatic heterocycles. The lowest BCUT2D eigenvalue weighted by Crippen LogP contribution is -2.48. The molecule has 1 saturated carbocycles. The van der Waals surface area contributed by atoms with Gasteiger partial charge in [-0.25, -0.2) is 18.4 Å². The number of rotatable bonds is 12. The molecule has 228 valence electrons. The van der Waals surface area contributed by atoms with Gasteiger partial charge in [0.25, 0.3) is 0 Å². The van der Waals surface area contributed by atoms with Crippen molar-refractivity contribution in [2.45, 2.75) is 53.3 Å². The van der Waals surface area contributed by atoms with Crippen LogP contribution in [-0.4, -0.2) is 104 Å². The first kappa shape index (κ1) is 30.6. The number of likely N-dealkylation sites (N-methyl/N-ethyl adjacent to an activating group) is 1. The predicted molar refractivity (Wildman–Crippen MR) is 167 cm³/mol. The van der Waals surface area contributed by atoms with Gasteiger partial charge in [-0.1, -0.05) is 0 Å². The molecule has 0 spiro atoms. The van der Waals surface area contributed by atoms with Crippen LogP contribution >= 0.6 is 11.8 Å². The fraction of sp³-hybridized carbons (Fsp3) is 0.552. The van der Waals surface area contributed by atoms with Gasteiger partial charge in [0.05, 0.1) is 22.4 Å². The summed E-state index contributed by atoms with van der Waals surface area (Å²) in [7, 11) is 2.39. The molecular weight excluding hydrogens is 573 g/mol. The summed E-state index contributed by atoms with van der Waals surface area (Å²) in [5.74, 6) is 2.76. The zero-order valence-corrected chi connectivity index (χ0v) is 27.0. The van der Waals surface area contributed by atoms with Crippen LogP contribution in [0.25, 0.3) is 0 Å². The molecule has 0 amide bonds. The van der Waals surface area contributed by atoms with Gasteiger partial charge in [-0.05, 0) is 89.7 Å². The number of aromatic amines is 1. The van der Waals surface area contributed by atoms with Gasteiger partial charge in [0.15, 0.2) is 26.6 Å². The highest BCUT2D eigenvalue weighted by Gasteiger charge is 2.47. The van der Waals surface area contributed by atoms with E-state index in [1.54, 1.807) is 19.2 Å². The van der Waals surface area contributed by atoms with E-state index in [2.05, 4.69) is 44.3 Å². The van der Waals surface area contributed by atoms with Gasteiger partial charge < -0.3 is 19.9 Å². The molecule has 11 nitrogen and oxygen atoms in total. The van der Waals surface area contributed by atoms with E-state index >= 15 is 0 Å². The highest BCUT2D eigenvalue weighted by Crippen LogP contribution is 2.46. The van der Waals surface area contributed by atoms with Crippen molar-refractivity contribution in [1.29, 1.82) is 0 Å². The second kappa shape index (κ2) is 12.4. The minimum Gasteiger partial charge on any atom is -0.490 e. The number of hydrogen-bond acceptors (Lipinski definition) is 11. The molecule has 1 saturated heterocycles. The van der Waals surface area contributed by atoms with E-state index in [9.17, 15) is 8.42 Å². The second-order valence-corrected chi connectivity index (χ2v) is 15.4. The Kier molecular flexibility index (Phi) is 9.02. The molecule has 2 fully saturated rings. The quantitative estimate of drug-likeness (QED) is 0.288. The van der Waals surface area contributed by atoms with Crippen molar-refractivity contribution < 1.29 is 13.2 Å². The molecular formula is C29H42N8O3S2. The van der Waals surface area contributed by atoms with E-state index in [0.717, 1.165) is 68.5 Å². The fourth-order valence-corrected chi connectivity index (χ4v) is 7.71. The standard InChI is InChI=1S/C29H42N8O3S2/c1-20-19-24(34-33-20)30-26-25(40-6)27(37-17-15-36(16-18-37)14-13-35(4)5)32-28(31-26)41-22-9-11-23(12-10-22)42(38,39)29(2,3)21-7-8-21/h9-12,19,21H,7-8,13-18H2,1-6H3,(H2,30,31,32,33,34). The summed E-state index contributed by atoms with van der Waals surface area (Å²) in [6, 6.07) is 8.97. The molecule has 1 aromatic carbocycles. The smallest absolute Gasteiger partial charge is 0.204 e. The van der Waals surface area contributed by atoms with Crippen molar-refractivity contribution in [1.82, 2.24) is 30.0 Å². The van der Waals surface area contributed by atoms with Crippen LogP contribution in [0.4, 0.5) is 17.5 Å². The molecule has 0 atom stereocenters. The molecule has 3 aromatic rings. The predicted octanol–water partition coefficient (Wildman–Crippen LogP) is 4.06. The first-order valence-electron chi connectivity index (χ1n) is 14.4. The van der Waals surface area contributed by atoms with Crippen molar-refractivity contribution in [3.63, 3.8) is 0 Å². The Bertz CT molecular complexity index is 1480. The summed E-state index contributed by atoms with van der Waals surface area (Å²) in [5.41, 5.74) is 0.856. The highest BCUT2D eigenvalue weighted by molar-refractivity contribution is 7.99. The van der Waals surface area contributed by atoms with Gasteiger partial charge >= 0.3 is 0 Å². The zero-order chi connectivity index (χ0) is 30.1. The number of aromatic nitrogens is 4. The molecule has 13 heteroatoms. The Morgan fingerprint density at radius 3 is 2.38 bits per heavy atom. The first-order valence-corrected chi connectivity index (χ1v) is 16.7. The summed E-state index contributed by atoms with van der Waals surface area (Å²) >= 11 is 1.39. The monoisotopic (exact) mass is 614 g/mol. The van der Waals surface area contributed by atoms with Crippen LogP contribution in [0.15, 0.2) is 45.3 Å². The number of ether oxygens (including phenoxy) is 1. The van der Waals surface area contributed by atoms with Crippen LogP contribution in [0.2, 0.25) is 0 Å². The van der Waals surface area contributed by atoms with Gasteiger partial charge in [-0.15, -0.1) is 0 Å². The van der Waals surface area contributed by atoms with Crippen LogP contribution in [0.3, 0.4) is 0 Å². The largest absolute Gasteiger partial charge is 0.490 e. The van der Waals surface area contributed by atoms with E-state index in [1.807, 2.05) is 39.0 Å². The van der Waals surface area contributed by atoms with Crippen LogP contribution < -0.4 is 15.0 Å². The third kappa shape index (κ3) is 6.69. The molecule has 2 aliphatic rings. The van der Waals surface area contributed by atoms with E-state index in [0.29, 0.717) is 27.4 Å². The van der Waals surface area contributed by atoms with Crippen LogP contribution in [0, 0.1) is 12.8 Å². The van der Waals surface area contributed by atoms with E-state index in [1.165, 1.54) is 11.8 Å². The Labute approximate surface area is 253 Å². The number of methoxy groups -OCH3 is 1. The third-order valence-electron chi connectivity index (χ3n) is 8.12. The van der Waals surface area contributed by atoms with Gasteiger partial charge in [0, 0.05) is 50.2 Å². The van der Waals surface area contributed by atoms with Gasteiger partial charge in [0.1, 0.15) is 5.82 Å². The topological polar surface area (TPSA) is 120 Å². The van der Waals surface area contributed by atoms with Gasteiger partial charge in [0.2, 0.25) is 5.75 Å². The molecule has 1 aliphatic heterocycles. The van der Waals surface area contributed by atoms with Crippen LogP contribution in [0.1, 0.15) is 32.4 Å². The lowest BCUT2D eigenvalue weighted by molar-refractivity contribution is 0.228. The van der Waals surface area contributed by atoms with Crippen molar-refractivity contribution >= 4 is 39.1 Å². The number of aryl methyl sites for hydroxylation is 1. The normalized spacial score (nSPS) is 16.7. The highest BCUT2D eigenvalue weighted by atomic mass is 32.2. The van der Waals surface area contributed by atoms with Crippen molar-refractivity contribution in [3.05, 3.63) is 36.0 Å². The maximum absolute atomic E-state index is 13.3. The number of sulfone groups is 1. The number of piperazine rings is 1. The summed E-state index contributed by atoms with van der Waals surface area (Å²) in [6.07, 6.45) is 1.94. The zero-order valence-electron chi connectivity index (χ0n) is 25.3. The van der Waals surface area contributed by atoms with E-state index in [-0.39, 0.29) is 5.92 Å². The molecule has 0 bridgehead atoms. The molecule has 2 N–H and O–H groups in total. The summed E-state index contributed by atoms with van der Waals surface area (Å²) in [5, 5.41) is 11.1. The van der Waals surface area contributed by atoms with Gasteiger partial charge in [-0.3, -0.25) is 10.00 Å². The molecule has 0 unspecified atom stereocenters. The lowest BCUT2D eigenvalue weighted by Gasteiger charge is -2.36. The van der Waals surface area contributed by atoms with Crippen molar-refractivity contribution in [2.24, 2.45) is 5.92 Å². The molecule has 5 rings (SSSR count). The van der Waals surface area contributed by atoms with Crippen LogP contribution in [0.5, 0.6) is 5.75 Å². The number of hydrogen-bond donors (Lipinski definition) is 2. The molecule has 42 heavy (non-hydrogen) atoms. The summed E-state index contributed by atoms with van der Waals surface area (Å²) in [6.45, 7) is 11.1. The summed E-state index contributed by atoms with van der Waals surface area (Å²) < 4.78 is 31.8. The minimum atomic E-state index is -3.44. The van der Waals surface area contributed by atoms with E-state index in [4.69, 9.17) is 14.7 Å². The number of benzene rings is 1. The van der Waals surface area contributed by atoms with Gasteiger partial charge in [-0.2, -0.15) is 5.10 Å². The molecule has 0 radical (unpaired) electrons. The van der Waals surface area contributed by atoms with Crippen LogP contribution in [-0.2, 0) is 9.84 Å². The van der Waals surface area contributed by atoms with Crippen molar-refractivity contribution in [2.75, 3.05) is 70.7 Å². The molecule has 1 aliphatic carbocycles. The number of anilines is 3. The lowest BCUT2D eigenvalue weighted by atomic mass is 10.1. The summed E-state index contributed by atoms with van der Waals surface area (Å²) in [4.78, 5) is 17.9. The molecule has 3 heterocycles. The Morgan fingerprint density at radius 1 is 1.12 bits per heavy atom. The second-order valence-electron chi connectivity index (χ2n) is 11.8. The number of nitrogens with zero attached hydrogens (tertiary/aromatic N) is 6. The third-order valence-corrected chi connectivity index (χ3v) is 11.6. The minimum absolute atomic E-state index is 0.224. The maximum atomic E-state index is 13.3. The Morgan fingerprint density at radius 2 is 1.81 bits per heavy atom. The Balaban J connectivity index is 1.41. The number of H-pyrrole nitrogens is 1. The average molecular weight is 615 g/mol. The van der Waals surface area contributed by atoms with E-state index < -0.39 is 14.6 Å². The van der Waals surface area contributed by atoms with Crippen molar-refractivity contribution in [3.8, 4) is 5.75 Å².